The maximum absolute atomic E-state index is 13.1. The summed E-state index contributed by atoms with van der Waals surface area (Å²) in [6, 6.07) is 5.18. The van der Waals surface area contributed by atoms with Gasteiger partial charge in [-0.05, 0) is 50.4 Å². The first-order valence-electron chi connectivity index (χ1n) is 6.93. The van der Waals surface area contributed by atoms with Crippen molar-refractivity contribution in [3.8, 4) is 0 Å². The Morgan fingerprint density at radius 3 is 2.84 bits per heavy atom. The summed E-state index contributed by atoms with van der Waals surface area (Å²) in [7, 11) is 0. The molecule has 0 aromatic heterocycles. The van der Waals surface area contributed by atoms with Crippen molar-refractivity contribution in [2.45, 2.75) is 51.4 Å². The first-order valence-corrected chi connectivity index (χ1v) is 7.72. The van der Waals surface area contributed by atoms with Crippen LogP contribution < -0.4 is 5.32 Å². The van der Waals surface area contributed by atoms with Gasteiger partial charge in [-0.15, -0.1) is 0 Å². The second kappa shape index (κ2) is 6.82. The summed E-state index contributed by atoms with van der Waals surface area (Å²) in [5.41, 5.74) is 1.12. The molecule has 0 bridgehead atoms. The van der Waals surface area contributed by atoms with E-state index in [4.69, 9.17) is 4.74 Å². The highest BCUT2D eigenvalue weighted by atomic mass is 79.9. The minimum absolute atomic E-state index is 0.207. The fourth-order valence-electron chi connectivity index (χ4n) is 2.65. The molecule has 106 valence electrons. The molecule has 1 aliphatic rings. The fourth-order valence-corrected chi connectivity index (χ4v) is 3.16. The van der Waals surface area contributed by atoms with Gasteiger partial charge in [0.15, 0.2) is 0 Å². The van der Waals surface area contributed by atoms with Crippen LogP contribution in [0.4, 0.5) is 4.39 Å². The van der Waals surface area contributed by atoms with Gasteiger partial charge in [-0.2, -0.15) is 0 Å². The molecule has 4 heteroatoms. The zero-order chi connectivity index (χ0) is 13.8. The molecular weight excluding hydrogens is 309 g/mol. The van der Waals surface area contributed by atoms with Gasteiger partial charge >= 0.3 is 0 Å². The molecule has 1 fully saturated rings. The van der Waals surface area contributed by atoms with Crippen LogP contribution in [0.2, 0.25) is 0 Å². The summed E-state index contributed by atoms with van der Waals surface area (Å²) in [4.78, 5) is 0. The fraction of sp³-hybridized carbons (Fsp3) is 0.600. The minimum atomic E-state index is -0.207. The molecule has 0 radical (unpaired) electrons. The zero-order valence-corrected chi connectivity index (χ0v) is 13.0. The van der Waals surface area contributed by atoms with E-state index >= 15 is 0 Å². The third-order valence-corrected chi connectivity index (χ3v) is 4.37. The number of benzene rings is 1. The number of likely N-dealkylation sites (N-methyl/N-ethyl adjacent to an activating group) is 1. The van der Waals surface area contributed by atoms with E-state index in [1.54, 1.807) is 0 Å². The second-order valence-corrected chi connectivity index (χ2v) is 6.02. The second-order valence-electron chi connectivity index (χ2n) is 5.17. The van der Waals surface area contributed by atoms with Gasteiger partial charge < -0.3 is 10.1 Å². The Kier molecular flexibility index (Phi) is 5.37. The van der Waals surface area contributed by atoms with Crippen molar-refractivity contribution in [2.24, 2.45) is 0 Å². The monoisotopic (exact) mass is 329 g/mol. The number of rotatable bonds is 5. The normalized spacial score (nSPS) is 24.6. The molecule has 1 aromatic rings. The van der Waals surface area contributed by atoms with E-state index in [0.717, 1.165) is 35.8 Å². The lowest BCUT2D eigenvalue weighted by molar-refractivity contribution is 0.0323. The van der Waals surface area contributed by atoms with Crippen LogP contribution in [-0.2, 0) is 11.2 Å². The lowest BCUT2D eigenvalue weighted by Crippen LogP contribution is -2.41. The van der Waals surface area contributed by atoms with Crippen LogP contribution in [0.1, 0.15) is 32.3 Å². The topological polar surface area (TPSA) is 21.3 Å². The number of hydrogen-bond donors (Lipinski definition) is 1. The predicted octanol–water partition coefficient (Wildman–Crippen LogP) is 3.68. The van der Waals surface area contributed by atoms with Gasteiger partial charge in [0.2, 0.25) is 0 Å². The third-order valence-electron chi connectivity index (χ3n) is 3.63. The molecule has 1 aromatic carbocycles. The first kappa shape index (κ1) is 14.9. The summed E-state index contributed by atoms with van der Waals surface area (Å²) in [6.07, 6.45) is 3.68. The van der Waals surface area contributed by atoms with E-state index in [-0.39, 0.29) is 18.0 Å². The summed E-state index contributed by atoms with van der Waals surface area (Å²) in [5.74, 6) is -0.207. The van der Waals surface area contributed by atoms with Crippen molar-refractivity contribution in [1.82, 2.24) is 5.32 Å². The maximum Gasteiger partial charge on any atom is 0.124 e. The lowest BCUT2D eigenvalue weighted by atomic mass is 9.99. The average Bonchev–Trinajstić information content (AvgIpc) is 2.78. The smallest absolute Gasteiger partial charge is 0.124 e. The molecule has 1 aliphatic heterocycles. The van der Waals surface area contributed by atoms with Crippen LogP contribution in [0.3, 0.4) is 0 Å². The molecule has 3 unspecified atom stereocenters. The van der Waals surface area contributed by atoms with Crippen molar-refractivity contribution in [3.05, 3.63) is 34.1 Å². The molecule has 0 amide bonds. The summed E-state index contributed by atoms with van der Waals surface area (Å²) in [5, 5.41) is 3.50. The predicted molar refractivity (Wildman–Crippen MR) is 78.8 cm³/mol. The molecule has 19 heavy (non-hydrogen) atoms. The van der Waals surface area contributed by atoms with E-state index in [0.29, 0.717) is 6.10 Å². The summed E-state index contributed by atoms with van der Waals surface area (Å²) in [6.45, 7) is 5.14. The molecule has 2 nitrogen and oxygen atoms in total. The molecule has 1 N–H and O–H groups in total. The summed E-state index contributed by atoms with van der Waals surface area (Å²) < 4.78 is 19.9. The standard InChI is InChI=1S/C15H21BrFNO/c1-3-18-14(15-7-4-10(2)19-15)8-11-5-6-12(17)9-13(11)16/h5-6,9-10,14-15,18H,3-4,7-8H2,1-2H3. The Morgan fingerprint density at radius 1 is 1.47 bits per heavy atom. The van der Waals surface area contributed by atoms with Crippen molar-refractivity contribution in [3.63, 3.8) is 0 Å². The largest absolute Gasteiger partial charge is 0.374 e. The highest BCUT2D eigenvalue weighted by molar-refractivity contribution is 9.10. The number of halogens is 2. The van der Waals surface area contributed by atoms with Crippen molar-refractivity contribution < 1.29 is 9.13 Å². The van der Waals surface area contributed by atoms with E-state index in [1.165, 1.54) is 12.1 Å². The lowest BCUT2D eigenvalue weighted by Gasteiger charge is -2.25. The Hall–Kier alpha value is -0.450. The zero-order valence-electron chi connectivity index (χ0n) is 11.5. The van der Waals surface area contributed by atoms with Crippen molar-refractivity contribution in [2.75, 3.05) is 6.54 Å². The average molecular weight is 330 g/mol. The van der Waals surface area contributed by atoms with Gasteiger partial charge in [-0.1, -0.05) is 28.9 Å². The number of nitrogens with one attached hydrogen (secondary N) is 1. The molecular formula is C15H21BrFNO. The Labute approximate surface area is 122 Å². The molecule has 3 atom stereocenters. The Morgan fingerprint density at radius 2 is 2.26 bits per heavy atom. The molecule has 1 saturated heterocycles. The van der Waals surface area contributed by atoms with Gasteiger partial charge in [0.1, 0.15) is 5.82 Å². The summed E-state index contributed by atoms with van der Waals surface area (Å²) >= 11 is 3.44. The van der Waals surface area contributed by atoms with E-state index in [1.807, 2.05) is 6.07 Å². The quantitative estimate of drug-likeness (QED) is 0.889. The highest BCUT2D eigenvalue weighted by Gasteiger charge is 2.29. The molecule has 2 rings (SSSR count). The van der Waals surface area contributed by atoms with Gasteiger partial charge in [-0.25, -0.2) is 4.39 Å². The minimum Gasteiger partial charge on any atom is -0.374 e. The van der Waals surface area contributed by atoms with Gasteiger partial charge in [-0.3, -0.25) is 0 Å². The van der Waals surface area contributed by atoms with Crippen LogP contribution >= 0.6 is 15.9 Å². The van der Waals surface area contributed by atoms with E-state index < -0.39 is 0 Å². The Balaban J connectivity index is 2.07. The van der Waals surface area contributed by atoms with Gasteiger partial charge in [0, 0.05) is 10.5 Å². The van der Waals surface area contributed by atoms with Crippen LogP contribution in [0.5, 0.6) is 0 Å². The number of hydrogen-bond acceptors (Lipinski definition) is 2. The third kappa shape index (κ3) is 4.01. The molecule has 1 heterocycles. The van der Waals surface area contributed by atoms with Crippen LogP contribution in [0, 0.1) is 5.82 Å². The molecule has 0 aliphatic carbocycles. The van der Waals surface area contributed by atoms with E-state index in [2.05, 4.69) is 35.1 Å². The van der Waals surface area contributed by atoms with Crippen LogP contribution in [-0.4, -0.2) is 24.8 Å². The molecule has 0 saturated carbocycles. The maximum atomic E-state index is 13.1. The highest BCUT2D eigenvalue weighted by Crippen LogP contribution is 2.26. The van der Waals surface area contributed by atoms with Crippen LogP contribution in [0.25, 0.3) is 0 Å². The first-order chi connectivity index (χ1) is 9.10. The van der Waals surface area contributed by atoms with Gasteiger partial charge in [0.05, 0.1) is 12.2 Å². The Bertz CT molecular complexity index is 427. The number of ether oxygens (including phenoxy) is 1. The van der Waals surface area contributed by atoms with Crippen LogP contribution in [0.15, 0.2) is 22.7 Å². The van der Waals surface area contributed by atoms with Gasteiger partial charge in [0.25, 0.3) is 0 Å². The van der Waals surface area contributed by atoms with Crippen molar-refractivity contribution >= 4 is 15.9 Å². The molecule has 0 spiro atoms. The van der Waals surface area contributed by atoms with Crippen molar-refractivity contribution in [1.29, 1.82) is 0 Å². The van der Waals surface area contributed by atoms with E-state index in [9.17, 15) is 4.39 Å². The SMILES string of the molecule is CCNC(Cc1ccc(F)cc1Br)C1CCC(C)O1.